The fourth-order valence-electron chi connectivity index (χ4n) is 3.97. The lowest BCUT2D eigenvalue weighted by atomic mass is 10.0. The molecule has 0 aromatic heterocycles. The van der Waals surface area contributed by atoms with E-state index >= 15 is 0 Å². The first-order valence-corrected chi connectivity index (χ1v) is 10.5. The molecule has 2 unspecified atom stereocenters. The first-order valence-electron chi connectivity index (χ1n) is 10.5. The predicted molar refractivity (Wildman–Crippen MR) is 118 cm³/mol. The van der Waals surface area contributed by atoms with Gasteiger partial charge in [0.2, 0.25) is 0 Å². The molecular formula is C24H32N2O4. The van der Waals surface area contributed by atoms with Crippen molar-refractivity contribution in [3.63, 3.8) is 0 Å². The van der Waals surface area contributed by atoms with Gasteiger partial charge in [-0.05, 0) is 62.4 Å². The third-order valence-corrected chi connectivity index (χ3v) is 5.71. The molecule has 1 heterocycles. The maximum atomic E-state index is 13.0. The summed E-state index contributed by atoms with van der Waals surface area (Å²) in [5, 5.41) is 3.17. The van der Waals surface area contributed by atoms with Crippen LogP contribution in [-0.4, -0.2) is 44.8 Å². The summed E-state index contributed by atoms with van der Waals surface area (Å²) in [6.07, 6.45) is 3.69. The number of hydrogen-bond donors (Lipinski definition) is 1. The lowest BCUT2D eigenvalue weighted by molar-refractivity contribution is 0.188. The van der Waals surface area contributed by atoms with Crippen LogP contribution < -0.4 is 19.5 Å². The van der Waals surface area contributed by atoms with Crippen molar-refractivity contribution in [2.24, 2.45) is 0 Å². The molecule has 6 nitrogen and oxygen atoms in total. The molecule has 2 aromatic rings. The van der Waals surface area contributed by atoms with Gasteiger partial charge in [0.15, 0.2) is 0 Å². The molecule has 2 aromatic carbocycles. The molecule has 1 saturated heterocycles. The number of benzene rings is 2. The van der Waals surface area contributed by atoms with Crippen molar-refractivity contribution in [1.82, 2.24) is 10.2 Å². The number of aryl methyl sites for hydroxylation is 1. The van der Waals surface area contributed by atoms with Gasteiger partial charge in [0, 0.05) is 24.2 Å². The normalized spacial score (nSPS) is 16.8. The van der Waals surface area contributed by atoms with E-state index in [1.807, 2.05) is 35.2 Å². The van der Waals surface area contributed by atoms with Crippen LogP contribution in [0.1, 0.15) is 43.4 Å². The number of ether oxygens (including phenoxy) is 3. The predicted octanol–water partition coefficient (Wildman–Crippen LogP) is 4.58. The van der Waals surface area contributed by atoms with E-state index in [2.05, 4.69) is 24.4 Å². The van der Waals surface area contributed by atoms with Crippen molar-refractivity contribution >= 4 is 6.03 Å². The summed E-state index contributed by atoms with van der Waals surface area (Å²) in [4.78, 5) is 14.9. The molecule has 3 rings (SSSR count). The molecule has 0 bridgehead atoms. The van der Waals surface area contributed by atoms with Crippen molar-refractivity contribution in [1.29, 1.82) is 0 Å². The van der Waals surface area contributed by atoms with Crippen LogP contribution in [0.5, 0.6) is 17.2 Å². The van der Waals surface area contributed by atoms with Gasteiger partial charge in [-0.3, -0.25) is 0 Å². The summed E-state index contributed by atoms with van der Waals surface area (Å²) in [5.74, 6) is 2.36. The average molecular weight is 413 g/mol. The number of nitrogens with one attached hydrogen (secondary N) is 1. The lowest BCUT2D eigenvalue weighted by Crippen LogP contribution is -2.43. The van der Waals surface area contributed by atoms with Gasteiger partial charge in [-0.15, -0.1) is 0 Å². The smallest absolute Gasteiger partial charge is 0.318 e. The van der Waals surface area contributed by atoms with Gasteiger partial charge in [0.1, 0.15) is 17.2 Å². The van der Waals surface area contributed by atoms with E-state index in [4.69, 9.17) is 14.2 Å². The minimum atomic E-state index is -0.0161. The second-order valence-corrected chi connectivity index (χ2v) is 7.70. The van der Waals surface area contributed by atoms with Crippen molar-refractivity contribution in [3.8, 4) is 17.2 Å². The summed E-state index contributed by atoms with van der Waals surface area (Å²) >= 11 is 0. The molecule has 1 fully saturated rings. The van der Waals surface area contributed by atoms with Gasteiger partial charge >= 0.3 is 6.03 Å². The SMILES string of the molecule is COc1ccc(CCC(C)NC(=O)N2CCCC2c2ccc(OC)cc2OC)cc1. The highest BCUT2D eigenvalue weighted by atomic mass is 16.5. The number of carbonyl (C=O) groups is 1. The highest BCUT2D eigenvalue weighted by Gasteiger charge is 2.32. The largest absolute Gasteiger partial charge is 0.497 e. The van der Waals surface area contributed by atoms with E-state index < -0.39 is 0 Å². The molecular weight excluding hydrogens is 380 g/mol. The molecule has 1 aliphatic rings. The Bertz CT molecular complexity index is 838. The quantitative estimate of drug-likeness (QED) is 0.689. The second-order valence-electron chi connectivity index (χ2n) is 7.70. The third-order valence-electron chi connectivity index (χ3n) is 5.71. The molecule has 6 heteroatoms. The first kappa shape index (κ1) is 21.8. The number of rotatable bonds is 8. The fraction of sp³-hybridized carbons (Fsp3) is 0.458. The zero-order chi connectivity index (χ0) is 21.5. The monoisotopic (exact) mass is 412 g/mol. The van der Waals surface area contributed by atoms with Crippen molar-refractivity contribution in [2.75, 3.05) is 27.9 Å². The zero-order valence-electron chi connectivity index (χ0n) is 18.3. The standard InChI is InChI=1S/C24H32N2O4/c1-17(7-8-18-9-11-19(28-2)12-10-18)25-24(27)26-15-5-6-22(26)21-14-13-20(29-3)16-23(21)30-4/h9-14,16-17,22H,5-8,15H2,1-4H3,(H,25,27). The van der Waals surface area contributed by atoms with Crippen LogP contribution in [0.25, 0.3) is 0 Å². The highest BCUT2D eigenvalue weighted by Crippen LogP contribution is 2.38. The van der Waals surface area contributed by atoms with Crippen LogP contribution in [0.15, 0.2) is 42.5 Å². The van der Waals surface area contributed by atoms with Gasteiger partial charge in [-0.1, -0.05) is 12.1 Å². The van der Waals surface area contributed by atoms with Crippen LogP contribution in [0.4, 0.5) is 4.79 Å². The minimum Gasteiger partial charge on any atom is -0.497 e. The van der Waals surface area contributed by atoms with Crippen molar-refractivity contribution in [3.05, 3.63) is 53.6 Å². The van der Waals surface area contributed by atoms with Gasteiger partial charge < -0.3 is 24.4 Å². The molecule has 30 heavy (non-hydrogen) atoms. The van der Waals surface area contributed by atoms with Crippen LogP contribution in [0, 0.1) is 0 Å². The maximum Gasteiger partial charge on any atom is 0.318 e. The Morgan fingerprint density at radius 2 is 1.77 bits per heavy atom. The Morgan fingerprint density at radius 3 is 2.43 bits per heavy atom. The van der Waals surface area contributed by atoms with Crippen LogP contribution in [-0.2, 0) is 6.42 Å². The Balaban J connectivity index is 1.59. The van der Waals surface area contributed by atoms with E-state index in [1.165, 1.54) is 5.56 Å². The summed E-state index contributed by atoms with van der Waals surface area (Å²) in [7, 11) is 4.95. The molecule has 1 N–H and O–H groups in total. The van der Waals surface area contributed by atoms with Crippen molar-refractivity contribution < 1.29 is 19.0 Å². The van der Waals surface area contributed by atoms with E-state index in [-0.39, 0.29) is 18.1 Å². The topological polar surface area (TPSA) is 60.0 Å². The Hall–Kier alpha value is -2.89. The lowest BCUT2D eigenvalue weighted by Gasteiger charge is -2.28. The van der Waals surface area contributed by atoms with E-state index in [0.717, 1.165) is 55.0 Å². The number of nitrogens with zero attached hydrogens (tertiary/aromatic N) is 1. The summed E-state index contributed by atoms with van der Waals surface area (Å²) in [6.45, 7) is 2.80. The Morgan fingerprint density at radius 1 is 1.07 bits per heavy atom. The van der Waals surface area contributed by atoms with Gasteiger partial charge in [-0.25, -0.2) is 4.79 Å². The van der Waals surface area contributed by atoms with Gasteiger partial charge in [0.25, 0.3) is 0 Å². The Labute approximate surface area is 179 Å². The third kappa shape index (κ3) is 5.17. The molecule has 1 aliphatic heterocycles. The molecule has 0 radical (unpaired) electrons. The number of methoxy groups -OCH3 is 3. The van der Waals surface area contributed by atoms with Crippen LogP contribution >= 0.6 is 0 Å². The number of urea groups is 1. The average Bonchev–Trinajstić information content (AvgIpc) is 3.27. The molecule has 0 aliphatic carbocycles. The molecule has 0 spiro atoms. The molecule has 2 atom stereocenters. The summed E-state index contributed by atoms with van der Waals surface area (Å²) < 4.78 is 16.1. The van der Waals surface area contributed by atoms with E-state index in [9.17, 15) is 4.79 Å². The van der Waals surface area contributed by atoms with E-state index in [1.54, 1.807) is 21.3 Å². The number of hydrogen-bond acceptors (Lipinski definition) is 4. The second kappa shape index (κ2) is 10.2. The number of amides is 2. The van der Waals surface area contributed by atoms with Crippen LogP contribution in [0.3, 0.4) is 0 Å². The maximum absolute atomic E-state index is 13.0. The van der Waals surface area contributed by atoms with Gasteiger partial charge in [0.05, 0.1) is 27.4 Å². The number of carbonyl (C=O) groups excluding carboxylic acids is 1. The highest BCUT2D eigenvalue weighted by molar-refractivity contribution is 5.75. The summed E-state index contributed by atoms with van der Waals surface area (Å²) in [5.41, 5.74) is 2.26. The van der Waals surface area contributed by atoms with E-state index in [0.29, 0.717) is 0 Å². The van der Waals surface area contributed by atoms with Crippen molar-refractivity contribution in [2.45, 2.75) is 44.7 Å². The summed E-state index contributed by atoms with van der Waals surface area (Å²) in [6, 6.07) is 14.0. The molecule has 162 valence electrons. The Kier molecular flexibility index (Phi) is 7.44. The molecule has 2 amide bonds. The van der Waals surface area contributed by atoms with Gasteiger partial charge in [-0.2, -0.15) is 0 Å². The van der Waals surface area contributed by atoms with Crippen LogP contribution in [0.2, 0.25) is 0 Å². The minimum absolute atomic E-state index is 0.0136. The fourth-order valence-corrected chi connectivity index (χ4v) is 3.97. The first-order chi connectivity index (χ1) is 14.5. The molecule has 0 saturated carbocycles. The zero-order valence-corrected chi connectivity index (χ0v) is 18.3. The number of likely N-dealkylation sites (tertiary alicyclic amines) is 1.